The summed E-state index contributed by atoms with van der Waals surface area (Å²) in [4.78, 5) is 18.3. The first kappa shape index (κ1) is 19.8. The van der Waals surface area contributed by atoms with E-state index in [-0.39, 0.29) is 5.91 Å². The van der Waals surface area contributed by atoms with E-state index in [2.05, 4.69) is 45.3 Å². The molecule has 0 radical (unpaired) electrons. The van der Waals surface area contributed by atoms with Gasteiger partial charge in [-0.25, -0.2) is 0 Å². The molecule has 5 nitrogen and oxygen atoms in total. The van der Waals surface area contributed by atoms with Crippen molar-refractivity contribution >= 4 is 28.6 Å². The van der Waals surface area contributed by atoms with Crippen LogP contribution in [0.1, 0.15) is 21.6 Å². The van der Waals surface area contributed by atoms with Crippen LogP contribution in [0.25, 0.3) is 22.0 Å². The predicted octanol–water partition coefficient (Wildman–Crippen LogP) is 4.79. The number of amides is 1. The van der Waals surface area contributed by atoms with E-state index in [0.717, 1.165) is 39.6 Å². The van der Waals surface area contributed by atoms with Crippen LogP contribution in [0.4, 0.5) is 0 Å². The quantitative estimate of drug-likeness (QED) is 0.507. The predicted molar refractivity (Wildman–Crippen MR) is 124 cm³/mol. The molecule has 0 spiro atoms. The van der Waals surface area contributed by atoms with Gasteiger partial charge in [-0.15, -0.1) is 11.8 Å². The Bertz CT molecular complexity index is 1260. The van der Waals surface area contributed by atoms with Crippen molar-refractivity contribution in [1.82, 2.24) is 14.9 Å². The maximum Gasteiger partial charge on any atom is 0.251 e. The lowest BCUT2D eigenvalue weighted by Gasteiger charge is -2.10. The minimum atomic E-state index is -0.0917. The minimum absolute atomic E-state index is 0.0917. The summed E-state index contributed by atoms with van der Waals surface area (Å²) in [6, 6.07) is 18.4. The molecule has 1 aliphatic rings. The Hall–Kier alpha value is -3.09. The molecule has 0 saturated heterocycles. The first-order valence-corrected chi connectivity index (χ1v) is 11.3. The Labute approximate surface area is 185 Å². The van der Waals surface area contributed by atoms with Gasteiger partial charge in [0.05, 0.1) is 25.5 Å². The number of hydrogen-bond donors (Lipinski definition) is 1. The number of carbonyl (C=O) groups is 1. The lowest BCUT2D eigenvalue weighted by molar-refractivity contribution is 0.0950. The molecule has 0 aliphatic carbocycles. The van der Waals surface area contributed by atoms with Crippen molar-refractivity contribution in [2.45, 2.75) is 18.0 Å². The van der Waals surface area contributed by atoms with Crippen LogP contribution in [0.15, 0.2) is 71.9 Å². The van der Waals surface area contributed by atoms with E-state index in [9.17, 15) is 4.79 Å². The average molecular weight is 430 g/mol. The molecule has 2 aromatic heterocycles. The van der Waals surface area contributed by atoms with Crippen LogP contribution < -0.4 is 5.32 Å². The third-order valence-electron chi connectivity index (χ3n) is 5.54. The Morgan fingerprint density at radius 1 is 1.13 bits per heavy atom. The van der Waals surface area contributed by atoms with Crippen LogP contribution in [-0.4, -0.2) is 27.8 Å². The summed E-state index contributed by atoms with van der Waals surface area (Å²) in [7, 11) is 2.05. The van der Waals surface area contributed by atoms with Crippen LogP contribution >= 0.6 is 11.8 Å². The molecule has 0 unspecified atom stereocenters. The number of nitrogens with one attached hydrogen (secondary N) is 1. The van der Waals surface area contributed by atoms with Gasteiger partial charge in [0.2, 0.25) is 0 Å². The van der Waals surface area contributed by atoms with E-state index in [1.54, 1.807) is 18.0 Å². The summed E-state index contributed by atoms with van der Waals surface area (Å²) in [5.41, 5.74) is 6.05. The number of pyridine rings is 1. The maximum absolute atomic E-state index is 12.7. The number of aryl methyl sites for hydroxylation is 1. The van der Waals surface area contributed by atoms with Gasteiger partial charge in [-0.3, -0.25) is 9.78 Å². The Kier molecular flexibility index (Phi) is 5.49. The number of nitrogens with zero attached hydrogens (tertiary/aromatic N) is 2. The zero-order valence-corrected chi connectivity index (χ0v) is 18.1. The average Bonchev–Trinajstić information content (AvgIpc) is 3.02. The molecule has 31 heavy (non-hydrogen) atoms. The fourth-order valence-electron chi connectivity index (χ4n) is 3.81. The third-order valence-corrected chi connectivity index (χ3v) is 6.60. The zero-order valence-electron chi connectivity index (χ0n) is 17.3. The molecule has 2 aromatic carbocycles. The summed E-state index contributed by atoms with van der Waals surface area (Å²) in [6.07, 6.45) is 3.86. The number of benzene rings is 2. The minimum Gasteiger partial charge on any atom is -0.376 e. The smallest absolute Gasteiger partial charge is 0.251 e. The van der Waals surface area contributed by atoms with Crippen LogP contribution in [0.5, 0.6) is 0 Å². The van der Waals surface area contributed by atoms with Gasteiger partial charge < -0.3 is 14.6 Å². The van der Waals surface area contributed by atoms with Crippen molar-refractivity contribution in [1.29, 1.82) is 0 Å². The van der Waals surface area contributed by atoms with E-state index in [4.69, 9.17) is 4.74 Å². The first-order valence-electron chi connectivity index (χ1n) is 10.3. The number of ether oxygens (including phenoxy) is 1. The summed E-state index contributed by atoms with van der Waals surface area (Å²) in [6.45, 7) is 1.72. The Balaban J connectivity index is 1.31. The lowest BCUT2D eigenvalue weighted by atomic mass is 10.0. The van der Waals surface area contributed by atoms with E-state index in [1.807, 2.05) is 37.4 Å². The molecule has 0 fully saturated rings. The molecule has 1 amide bonds. The summed E-state index contributed by atoms with van der Waals surface area (Å²) < 4.78 is 7.69. The molecule has 156 valence electrons. The molecule has 1 N–H and O–H groups in total. The Morgan fingerprint density at radius 2 is 2.03 bits per heavy atom. The SMILES string of the molecule is Cn1ccc2ccc(-c3ccnc(CNC(=O)c4ccc5c(c4)SCCOC5)c3)cc21. The second kappa shape index (κ2) is 8.57. The summed E-state index contributed by atoms with van der Waals surface area (Å²) in [5.74, 6) is 0.814. The maximum atomic E-state index is 12.7. The van der Waals surface area contributed by atoms with Crippen molar-refractivity contribution in [2.75, 3.05) is 12.4 Å². The highest BCUT2D eigenvalue weighted by atomic mass is 32.2. The second-order valence-corrected chi connectivity index (χ2v) is 8.78. The van der Waals surface area contributed by atoms with Crippen molar-refractivity contribution in [3.63, 3.8) is 0 Å². The van der Waals surface area contributed by atoms with Gasteiger partial charge >= 0.3 is 0 Å². The van der Waals surface area contributed by atoms with E-state index in [1.165, 1.54) is 10.9 Å². The normalized spacial score (nSPS) is 13.6. The molecular weight excluding hydrogens is 406 g/mol. The monoisotopic (exact) mass is 429 g/mol. The van der Waals surface area contributed by atoms with Crippen LogP contribution in [0.2, 0.25) is 0 Å². The largest absolute Gasteiger partial charge is 0.376 e. The number of fused-ring (bicyclic) bond motifs is 2. The fraction of sp³-hybridized carbons (Fsp3) is 0.200. The Morgan fingerprint density at radius 3 is 2.97 bits per heavy atom. The third kappa shape index (κ3) is 4.22. The highest BCUT2D eigenvalue weighted by Gasteiger charge is 2.13. The van der Waals surface area contributed by atoms with E-state index < -0.39 is 0 Å². The number of aromatic nitrogens is 2. The molecule has 0 atom stereocenters. The first-order chi connectivity index (χ1) is 15.2. The van der Waals surface area contributed by atoms with Crippen LogP contribution in [-0.2, 0) is 24.9 Å². The molecule has 3 heterocycles. The topological polar surface area (TPSA) is 56.2 Å². The van der Waals surface area contributed by atoms with Gasteiger partial charge in [-0.1, -0.05) is 18.2 Å². The number of carbonyl (C=O) groups excluding carboxylic acids is 1. The van der Waals surface area contributed by atoms with Gasteiger partial charge in [0, 0.05) is 41.2 Å². The van der Waals surface area contributed by atoms with Crippen molar-refractivity contribution in [3.8, 4) is 11.1 Å². The van der Waals surface area contributed by atoms with Gasteiger partial charge in [-0.05, 0) is 58.5 Å². The number of hydrogen-bond acceptors (Lipinski definition) is 4. The van der Waals surface area contributed by atoms with Crippen LogP contribution in [0.3, 0.4) is 0 Å². The summed E-state index contributed by atoms with van der Waals surface area (Å²) >= 11 is 1.74. The number of thioether (sulfide) groups is 1. The molecule has 4 aromatic rings. The highest BCUT2D eigenvalue weighted by molar-refractivity contribution is 7.99. The van der Waals surface area contributed by atoms with Gasteiger partial charge in [0.15, 0.2) is 0 Å². The van der Waals surface area contributed by atoms with Gasteiger partial charge in [0.25, 0.3) is 5.91 Å². The molecular formula is C25H23N3O2S. The molecule has 6 heteroatoms. The molecule has 0 saturated carbocycles. The van der Waals surface area contributed by atoms with Crippen molar-refractivity contribution in [3.05, 3.63) is 83.8 Å². The zero-order chi connectivity index (χ0) is 21.2. The number of rotatable bonds is 4. The van der Waals surface area contributed by atoms with Crippen molar-refractivity contribution in [2.24, 2.45) is 7.05 Å². The molecule has 0 bridgehead atoms. The van der Waals surface area contributed by atoms with E-state index >= 15 is 0 Å². The van der Waals surface area contributed by atoms with Crippen molar-refractivity contribution < 1.29 is 9.53 Å². The fourth-order valence-corrected chi connectivity index (χ4v) is 4.76. The van der Waals surface area contributed by atoms with Gasteiger partial charge in [-0.2, -0.15) is 0 Å². The summed E-state index contributed by atoms with van der Waals surface area (Å²) in [5, 5.41) is 4.23. The lowest BCUT2D eigenvalue weighted by Crippen LogP contribution is -2.23. The standard InChI is InChI=1S/C25H23N3O2S/c1-28-9-7-17-2-3-18(13-23(17)28)19-6-8-26-22(12-19)15-27-25(29)20-4-5-21-16-30-10-11-31-24(21)14-20/h2-9,12-14H,10-11,15-16H2,1H3,(H,27,29). The molecule has 1 aliphatic heterocycles. The highest BCUT2D eigenvalue weighted by Crippen LogP contribution is 2.28. The van der Waals surface area contributed by atoms with Crippen LogP contribution in [0, 0.1) is 0 Å². The second-order valence-electron chi connectivity index (χ2n) is 7.64. The molecule has 5 rings (SSSR count). The van der Waals surface area contributed by atoms with E-state index in [0.29, 0.717) is 18.7 Å². The van der Waals surface area contributed by atoms with Gasteiger partial charge in [0.1, 0.15) is 0 Å².